The Bertz CT molecular complexity index is 1980. The molecule has 2 aliphatic rings. The smallest absolute Gasteiger partial charge is 0.301 e. The number of aromatic nitrogens is 2. The molecule has 11 heteroatoms. The quantitative estimate of drug-likeness (QED) is 0.0580. The van der Waals surface area contributed by atoms with E-state index < -0.39 is 17.7 Å². The Morgan fingerprint density at radius 3 is 2.51 bits per heavy atom. The summed E-state index contributed by atoms with van der Waals surface area (Å²) < 4.78 is 18.1. The highest BCUT2D eigenvalue weighted by Gasteiger charge is 2.48. The number of anilines is 1. The number of carbonyl (C=O) groups is 2. The third kappa shape index (κ3) is 6.45. The SMILES string of the molecule is Cc1ccc(CSc2nnc(N3C(=O)C(=O)/C(=C(/O)c4ccc5c(c4)OCCO5)C3c3cccc(OCc4ccccc4)c3)s2)cc1. The number of hydrogen-bond acceptors (Lipinski definition) is 10. The summed E-state index contributed by atoms with van der Waals surface area (Å²) >= 11 is 2.72. The fraction of sp³-hybridized carbons (Fsp3) is 0.167. The molecule has 9 nitrogen and oxygen atoms in total. The topological polar surface area (TPSA) is 111 Å². The molecule has 1 atom stereocenters. The number of hydrogen-bond donors (Lipinski definition) is 1. The maximum atomic E-state index is 13.8. The molecule has 7 rings (SSSR count). The van der Waals surface area contributed by atoms with E-state index >= 15 is 0 Å². The van der Waals surface area contributed by atoms with Crippen molar-refractivity contribution in [3.63, 3.8) is 0 Å². The van der Waals surface area contributed by atoms with Crippen LogP contribution in [0.1, 0.15) is 33.9 Å². The number of carbonyl (C=O) groups excluding carboxylic acids is 2. The van der Waals surface area contributed by atoms with Crippen LogP contribution in [-0.4, -0.2) is 40.2 Å². The molecule has 0 bridgehead atoms. The van der Waals surface area contributed by atoms with Crippen LogP contribution >= 0.6 is 23.1 Å². The summed E-state index contributed by atoms with van der Waals surface area (Å²) in [6, 6.07) is 29.1. The maximum Gasteiger partial charge on any atom is 0.301 e. The first-order valence-corrected chi connectivity index (χ1v) is 16.7. The van der Waals surface area contributed by atoms with Crippen molar-refractivity contribution in [3.05, 3.63) is 130 Å². The number of aryl methyl sites for hydroxylation is 1. The van der Waals surface area contributed by atoms with Gasteiger partial charge in [-0.25, -0.2) is 0 Å². The van der Waals surface area contributed by atoms with E-state index in [0.717, 1.165) is 11.1 Å². The van der Waals surface area contributed by atoms with E-state index in [-0.39, 0.29) is 16.5 Å². The second-order valence-corrected chi connectivity index (χ2v) is 13.2. The van der Waals surface area contributed by atoms with E-state index in [2.05, 4.69) is 34.5 Å². The summed E-state index contributed by atoms with van der Waals surface area (Å²) in [5.41, 5.74) is 4.11. The van der Waals surface area contributed by atoms with Crippen molar-refractivity contribution in [3.8, 4) is 17.2 Å². The molecule has 1 N–H and O–H groups in total. The van der Waals surface area contributed by atoms with Crippen LogP contribution in [0.15, 0.2) is 107 Å². The van der Waals surface area contributed by atoms with Crippen LogP contribution in [0, 0.1) is 6.92 Å². The first-order valence-electron chi connectivity index (χ1n) is 14.9. The van der Waals surface area contributed by atoms with E-state index in [0.29, 0.717) is 58.3 Å². The van der Waals surface area contributed by atoms with E-state index in [1.165, 1.54) is 33.6 Å². The van der Waals surface area contributed by atoms with Crippen LogP contribution < -0.4 is 19.1 Å². The molecule has 1 fully saturated rings. The molecule has 1 saturated heterocycles. The lowest BCUT2D eigenvalue weighted by molar-refractivity contribution is -0.132. The molecule has 3 heterocycles. The Morgan fingerprint density at radius 2 is 1.70 bits per heavy atom. The summed E-state index contributed by atoms with van der Waals surface area (Å²) in [5.74, 6) is 0.226. The standard InChI is InChI=1S/C36H29N3O6S2/c1-22-10-12-24(13-11-22)21-46-36-38-37-35(47-36)39-31(25-8-5-9-27(18-25)45-20-23-6-3-2-4-7-23)30(33(41)34(39)42)32(40)26-14-15-28-29(19-26)44-17-16-43-28/h2-15,18-19,31,40H,16-17,20-21H2,1H3/b32-30+. The predicted octanol–water partition coefficient (Wildman–Crippen LogP) is 7.12. The van der Waals surface area contributed by atoms with Gasteiger partial charge in [-0.3, -0.25) is 14.5 Å². The lowest BCUT2D eigenvalue weighted by Gasteiger charge is -2.23. The van der Waals surface area contributed by atoms with Gasteiger partial charge in [-0.2, -0.15) is 0 Å². The maximum absolute atomic E-state index is 13.8. The molecular formula is C36H29N3O6S2. The van der Waals surface area contributed by atoms with Crippen molar-refractivity contribution < 1.29 is 28.9 Å². The van der Waals surface area contributed by atoms with Gasteiger partial charge < -0.3 is 19.3 Å². The zero-order valence-electron chi connectivity index (χ0n) is 25.3. The fourth-order valence-electron chi connectivity index (χ4n) is 5.39. The number of rotatable bonds is 9. The third-order valence-corrected chi connectivity index (χ3v) is 9.89. The van der Waals surface area contributed by atoms with Crippen molar-refractivity contribution in [2.45, 2.75) is 29.7 Å². The fourth-order valence-corrected chi connectivity index (χ4v) is 7.22. The first kappa shape index (κ1) is 30.5. The van der Waals surface area contributed by atoms with E-state index in [1.54, 1.807) is 36.4 Å². The second kappa shape index (κ2) is 13.3. The monoisotopic (exact) mass is 663 g/mol. The van der Waals surface area contributed by atoms with Crippen molar-refractivity contribution in [1.29, 1.82) is 0 Å². The Morgan fingerprint density at radius 1 is 0.915 bits per heavy atom. The van der Waals surface area contributed by atoms with Gasteiger partial charge in [0.05, 0.1) is 11.6 Å². The van der Waals surface area contributed by atoms with Crippen molar-refractivity contribution in [2.75, 3.05) is 18.1 Å². The molecule has 1 unspecified atom stereocenters. The summed E-state index contributed by atoms with van der Waals surface area (Å²) in [7, 11) is 0. The van der Waals surface area contributed by atoms with Gasteiger partial charge in [0.2, 0.25) is 5.13 Å². The minimum absolute atomic E-state index is 0.0732. The number of thioether (sulfide) groups is 1. The van der Waals surface area contributed by atoms with Gasteiger partial charge in [0, 0.05) is 11.3 Å². The Labute approximate surface area is 279 Å². The molecule has 1 amide bonds. The molecule has 4 aromatic carbocycles. The van der Waals surface area contributed by atoms with Gasteiger partial charge in [-0.05, 0) is 53.9 Å². The largest absolute Gasteiger partial charge is 0.507 e. The lowest BCUT2D eigenvalue weighted by Crippen LogP contribution is -2.29. The molecule has 0 radical (unpaired) electrons. The van der Waals surface area contributed by atoms with Gasteiger partial charge in [0.1, 0.15) is 31.3 Å². The highest BCUT2D eigenvalue weighted by molar-refractivity contribution is 8.00. The number of amides is 1. The number of ether oxygens (including phenoxy) is 3. The highest BCUT2D eigenvalue weighted by Crippen LogP contribution is 2.45. The molecular weight excluding hydrogens is 635 g/mol. The molecule has 0 aliphatic carbocycles. The number of benzene rings is 4. The molecule has 5 aromatic rings. The van der Waals surface area contributed by atoms with E-state index in [4.69, 9.17) is 14.2 Å². The molecule has 0 spiro atoms. The zero-order valence-corrected chi connectivity index (χ0v) is 26.9. The van der Waals surface area contributed by atoms with Crippen LogP contribution in [0.25, 0.3) is 5.76 Å². The van der Waals surface area contributed by atoms with Crippen molar-refractivity contribution in [1.82, 2.24) is 10.2 Å². The van der Waals surface area contributed by atoms with Crippen molar-refractivity contribution in [2.24, 2.45) is 0 Å². The van der Waals surface area contributed by atoms with Crippen LogP contribution in [0.2, 0.25) is 0 Å². The van der Waals surface area contributed by atoms with Gasteiger partial charge in [0.15, 0.2) is 15.8 Å². The van der Waals surface area contributed by atoms with Gasteiger partial charge in [-0.1, -0.05) is 95.4 Å². The Kier molecular flexibility index (Phi) is 8.64. The van der Waals surface area contributed by atoms with E-state index in [9.17, 15) is 14.7 Å². The number of fused-ring (bicyclic) bond motifs is 1. The summed E-state index contributed by atoms with van der Waals surface area (Å²) in [4.78, 5) is 28.9. The predicted molar refractivity (Wildman–Crippen MR) is 180 cm³/mol. The number of nitrogens with zero attached hydrogens (tertiary/aromatic N) is 3. The van der Waals surface area contributed by atoms with Crippen LogP contribution in [0.3, 0.4) is 0 Å². The van der Waals surface area contributed by atoms with Gasteiger partial charge in [0.25, 0.3) is 5.78 Å². The first-order chi connectivity index (χ1) is 22.9. The summed E-state index contributed by atoms with van der Waals surface area (Å²) in [6.07, 6.45) is 0. The average molecular weight is 664 g/mol. The number of Topliss-reactive ketones (excluding diaryl/α,β-unsaturated/α-hetero) is 1. The van der Waals surface area contributed by atoms with Crippen LogP contribution in [0.4, 0.5) is 5.13 Å². The summed E-state index contributed by atoms with van der Waals surface area (Å²) in [6.45, 7) is 3.15. The second-order valence-electron chi connectivity index (χ2n) is 11.0. The minimum Gasteiger partial charge on any atom is -0.507 e. The van der Waals surface area contributed by atoms with Gasteiger partial charge in [-0.15, -0.1) is 10.2 Å². The van der Waals surface area contributed by atoms with Crippen LogP contribution in [-0.2, 0) is 21.9 Å². The molecule has 0 saturated carbocycles. The molecule has 2 aliphatic heterocycles. The molecule has 1 aromatic heterocycles. The normalized spacial score (nSPS) is 16.8. The number of aliphatic hydroxyl groups is 1. The van der Waals surface area contributed by atoms with Crippen molar-refractivity contribution >= 4 is 45.7 Å². The molecule has 47 heavy (non-hydrogen) atoms. The number of ketones is 1. The van der Waals surface area contributed by atoms with E-state index in [1.807, 2.05) is 43.3 Å². The van der Waals surface area contributed by atoms with Crippen LogP contribution in [0.5, 0.6) is 17.2 Å². The minimum atomic E-state index is -0.994. The number of aliphatic hydroxyl groups excluding tert-OH is 1. The highest BCUT2D eigenvalue weighted by atomic mass is 32.2. The van der Waals surface area contributed by atoms with Gasteiger partial charge >= 0.3 is 5.91 Å². The zero-order chi connectivity index (χ0) is 32.3. The lowest BCUT2D eigenvalue weighted by atomic mass is 9.95. The Balaban J connectivity index is 1.25. The molecule has 236 valence electrons. The average Bonchev–Trinajstić information content (AvgIpc) is 3.68. The summed E-state index contributed by atoms with van der Waals surface area (Å²) in [5, 5.41) is 20.6. The third-order valence-electron chi connectivity index (χ3n) is 7.77. The Hall–Kier alpha value is -5.13.